The first-order chi connectivity index (χ1) is 6.59. The van der Waals surface area contributed by atoms with E-state index in [2.05, 4.69) is 10.8 Å². The number of rotatable bonds is 4. The average Bonchev–Trinajstić information content (AvgIpc) is 2.51. The van der Waals surface area contributed by atoms with Crippen molar-refractivity contribution in [3.8, 4) is 0 Å². The van der Waals surface area contributed by atoms with Crippen molar-refractivity contribution in [1.82, 2.24) is 10.8 Å². The number of nitrogens with one attached hydrogen (secondary N) is 2. The second-order valence-corrected chi connectivity index (χ2v) is 3.83. The van der Waals surface area contributed by atoms with E-state index in [4.69, 9.17) is 4.84 Å². The third kappa shape index (κ3) is 3.33. The molecule has 0 aromatic rings. The van der Waals surface area contributed by atoms with Gasteiger partial charge >= 0.3 is 0 Å². The number of carbonyl (C=O) groups excluding carboxylic acids is 2. The fraction of sp³-hybridized carbons (Fsp3) is 0.778. The van der Waals surface area contributed by atoms with Crippen molar-refractivity contribution < 1.29 is 14.4 Å². The highest BCUT2D eigenvalue weighted by Gasteiger charge is 2.27. The lowest BCUT2D eigenvalue weighted by atomic mass is 10.2. The molecule has 0 radical (unpaired) electrons. The van der Waals surface area contributed by atoms with Gasteiger partial charge in [-0.2, -0.15) is 0 Å². The van der Waals surface area contributed by atoms with Crippen LogP contribution in [-0.2, 0) is 14.4 Å². The molecule has 1 atom stereocenters. The maximum absolute atomic E-state index is 11.3. The zero-order valence-corrected chi connectivity index (χ0v) is 8.50. The number of carbonyl (C=O) groups is 2. The minimum Gasteiger partial charge on any atom is -0.344 e. The molecule has 0 bridgehead atoms. The molecule has 0 aromatic heterocycles. The van der Waals surface area contributed by atoms with Crippen molar-refractivity contribution in [1.29, 1.82) is 0 Å². The van der Waals surface area contributed by atoms with E-state index in [-0.39, 0.29) is 11.8 Å². The quantitative estimate of drug-likeness (QED) is 0.626. The molecule has 1 aliphatic rings. The second kappa shape index (κ2) is 4.95. The van der Waals surface area contributed by atoms with Crippen LogP contribution in [0.2, 0.25) is 0 Å². The zero-order valence-electron chi connectivity index (χ0n) is 8.50. The highest BCUT2D eigenvalue weighted by atomic mass is 16.7. The van der Waals surface area contributed by atoms with Gasteiger partial charge in [0.2, 0.25) is 5.91 Å². The monoisotopic (exact) mass is 200 g/mol. The molecule has 5 heteroatoms. The Morgan fingerprint density at radius 3 is 2.93 bits per heavy atom. The highest BCUT2D eigenvalue weighted by Crippen LogP contribution is 2.06. The third-order valence-corrected chi connectivity index (χ3v) is 1.90. The molecule has 1 aliphatic heterocycles. The Kier molecular flexibility index (Phi) is 3.88. The standard InChI is InChI=1S/C9H16N2O3/c1-6(2)5-14-11-9(13)7-3-4-8(12)10-7/h6-7H,3-5H2,1-2H3,(H,10,12)(H,11,13). The van der Waals surface area contributed by atoms with Gasteiger partial charge in [0.25, 0.3) is 5.91 Å². The molecule has 0 spiro atoms. The van der Waals surface area contributed by atoms with Crippen molar-refractivity contribution in [2.75, 3.05) is 6.61 Å². The minimum atomic E-state index is -0.422. The number of hydrogen-bond acceptors (Lipinski definition) is 3. The Morgan fingerprint density at radius 1 is 1.71 bits per heavy atom. The summed E-state index contributed by atoms with van der Waals surface area (Å²) in [6, 6.07) is -0.422. The van der Waals surface area contributed by atoms with Crippen LogP contribution in [0.15, 0.2) is 0 Å². The van der Waals surface area contributed by atoms with Crippen molar-refractivity contribution >= 4 is 11.8 Å². The predicted molar refractivity (Wildman–Crippen MR) is 50.1 cm³/mol. The smallest absolute Gasteiger partial charge is 0.266 e. The van der Waals surface area contributed by atoms with E-state index in [1.165, 1.54) is 0 Å². The van der Waals surface area contributed by atoms with Gasteiger partial charge in [-0.3, -0.25) is 14.4 Å². The van der Waals surface area contributed by atoms with E-state index in [1.54, 1.807) is 0 Å². The number of hydroxylamine groups is 1. The van der Waals surface area contributed by atoms with Crippen molar-refractivity contribution in [3.05, 3.63) is 0 Å². The van der Waals surface area contributed by atoms with Crippen LogP contribution >= 0.6 is 0 Å². The lowest BCUT2D eigenvalue weighted by Gasteiger charge is -2.11. The molecular formula is C9H16N2O3. The van der Waals surface area contributed by atoms with Gasteiger partial charge in [-0.25, -0.2) is 5.48 Å². The topological polar surface area (TPSA) is 67.4 Å². The first-order valence-electron chi connectivity index (χ1n) is 4.80. The molecule has 5 nitrogen and oxygen atoms in total. The highest BCUT2D eigenvalue weighted by molar-refractivity contribution is 5.90. The molecular weight excluding hydrogens is 184 g/mol. The summed E-state index contributed by atoms with van der Waals surface area (Å²) in [5.41, 5.74) is 2.32. The van der Waals surface area contributed by atoms with Gasteiger partial charge in [-0.15, -0.1) is 0 Å². The van der Waals surface area contributed by atoms with E-state index in [1.807, 2.05) is 13.8 Å². The maximum Gasteiger partial charge on any atom is 0.266 e. The summed E-state index contributed by atoms with van der Waals surface area (Å²) in [5.74, 6) is 0.0268. The van der Waals surface area contributed by atoms with E-state index >= 15 is 0 Å². The average molecular weight is 200 g/mol. The van der Waals surface area contributed by atoms with Crippen LogP contribution in [0.3, 0.4) is 0 Å². The summed E-state index contributed by atoms with van der Waals surface area (Å²) in [7, 11) is 0. The van der Waals surface area contributed by atoms with Crippen molar-refractivity contribution in [2.45, 2.75) is 32.7 Å². The molecule has 1 heterocycles. The Labute approximate surface area is 83.1 Å². The van der Waals surface area contributed by atoms with Crippen LogP contribution in [-0.4, -0.2) is 24.5 Å². The molecule has 2 N–H and O–H groups in total. The molecule has 0 aliphatic carbocycles. The summed E-state index contributed by atoms with van der Waals surface area (Å²) in [4.78, 5) is 27.1. The number of amides is 2. The molecule has 1 rings (SSSR count). The SMILES string of the molecule is CC(C)CONC(=O)C1CCC(=O)N1. The summed E-state index contributed by atoms with van der Waals surface area (Å²) < 4.78 is 0. The Bertz CT molecular complexity index is 228. The van der Waals surface area contributed by atoms with Crippen molar-refractivity contribution in [2.24, 2.45) is 5.92 Å². The zero-order chi connectivity index (χ0) is 10.6. The molecule has 2 amide bonds. The van der Waals surface area contributed by atoms with Gasteiger partial charge < -0.3 is 5.32 Å². The van der Waals surface area contributed by atoms with Gasteiger partial charge in [0.05, 0.1) is 6.61 Å². The molecule has 14 heavy (non-hydrogen) atoms. The summed E-state index contributed by atoms with van der Waals surface area (Å²) >= 11 is 0. The molecule has 1 unspecified atom stereocenters. The van der Waals surface area contributed by atoms with Crippen LogP contribution in [0.4, 0.5) is 0 Å². The Morgan fingerprint density at radius 2 is 2.43 bits per heavy atom. The normalized spacial score (nSPS) is 21.1. The van der Waals surface area contributed by atoms with Crippen LogP contribution < -0.4 is 10.8 Å². The van der Waals surface area contributed by atoms with E-state index < -0.39 is 6.04 Å². The predicted octanol–water partition coefficient (Wildman–Crippen LogP) is -0.0312. The third-order valence-electron chi connectivity index (χ3n) is 1.90. The fourth-order valence-electron chi connectivity index (χ4n) is 1.16. The van der Waals surface area contributed by atoms with E-state index in [0.29, 0.717) is 25.4 Å². The van der Waals surface area contributed by atoms with E-state index in [0.717, 1.165) is 0 Å². The molecule has 0 aromatic carbocycles. The fourth-order valence-corrected chi connectivity index (χ4v) is 1.16. The van der Waals surface area contributed by atoms with Gasteiger partial charge in [0.1, 0.15) is 6.04 Å². The first-order valence-corrected chi connectivity index (χ1v) is 4.80. The summed E-state index contributed by atoms with van der Waals surface area (Å²) in [5, 5.41) is 2.56. The first kappa shape index (κ1) is 11.0. The van der Waals surface area contributed by atoms with Crippen LogP contribution in [0.1, 0.15) is 26.7 Å². The maximum atomic E-state index is 11.3. The largest absolute Gasteiger partial charge is 0.344 e. The van der Waals surface area contributed by atoms with Gasteiger partial charge in [-0.1, -0.05) is 13.8 Å². The number of hydrogen-bond donors (Lipinski definition) is 2. The Hall–Kier alpha value is -1.10. The second-order valence-electron chi connectivity index (χ2n) is 3.83. The van der Waals surface area contributed by atoms with Gasteiger partial charge in [0.15, 0.2) is 0 Å². The molecule has 1 saturated heterocycles. The van der Waals surface area contributed by atoms with Crippen LogP contribution in [0, 0.1) is 5.92 Å². The van der Waals surface area contributed by atoms with Crippen molar-refractivity contribution in [3.63, 3.8) is 0 Å². The van der Waals surface area contributed by atoms with Crippen LogP contribution in [0.25, 0.3) is 0 Å². The minimum absolute atomic E-state index is 0.0750. The molecule has 0 saturated carbocycles. The lowest BCUT2D eigenvalue weighted by Crippen LogP contribution is -2.41. The van der Waals surface area contributed by atoms with Gasteiger partial charge in [-0.05, 0) is 12.3 Å². The molecule has 1 fully saturated rings. The molecule has 80 valence electrons. The summed E-state index contributed by atoms with van der Waals surface area (Å²) in [6.07, 6.45) is 0.970. The van der Waals surface area contributed by atoms with E-state index in [9.17, 15) is 9.59 Å². The Balaban J connectivity index is 2.18. The summed E-state index contributed by atoms with van der Waals surface area (Å²) in [6.45, 7) is 4.46. The van der Waals surface area contributed by atoms with Crippen LogP contribution in [0.5, 0.6) is 0 Å². The lowest BCUT2D eigenvalue weighted by molar-refractivity contribution is -0.137. The van der Waals surface area contributed by atoms with Gasteiger partial charge in [0, 0.05) is 6.42 Å².